The van der Waals surface area contributed by atoms with Crippen LogP contribution in [0.3, 0.4) is 0 Å². The van der Waals surface area contributed by atoms with E-state index in [2.05, 4.69) is 15.3 Å². The van der Waals surface area contributed by atoms with E-state index in [1.807, 2.05) is 19.2 Å². The summed E-state index contributed by atoms with van der Waals surface area (Å²) in [6.07, 6.45) is 5.22. The lowest BCUT2D eigenvalue weighted by Crippen LogP contribution is -2.39. The van der Waals surface area contributed by atoms with Crippen molar-refractivity contribution < 1.29 is 5.11 Å². The van der Waals surface area contributed by atoms with E-state index in [0.717, 1.165) is 11.4 Å². The number of hydrogen-bond donors (Lipinski definition) is 2. The lowest BCUT2D eigenvalue weighted by Gasteiger charge is -2.22. The molecule has 1 rings (SSSR count). The molecule has 15 heavy (non-hydrogen) atoms. The van der Waals surface area contributed by atoms with Crippen LogP contribution in [0.5, 0.6) is 0 Å². The van der Waals surface area contributed by atoms with E-state index in [-0.39, 0.29) is 0 Å². The number of hydrogen-bond acceptors (Lipinski definition) is 5. The fourth-order valence-electron chi connectivity index (χ4n) is 1.24. The molecule has 0 spiro atoms. The van der Waals surface area contributed by atoms with Crippen LogP contribution in [0.15, 0.2) is 18.6 Å². The van der Waals surface area contributed by atoms with Gasteiger partial charge in [-0.25, -0.2) is 9.97 Å². The first-order valence-electron chi connectivity index (χ1n) is 4.81. The van der Waals surface area contributed by atoms with Crippen molar-refractivity contribution in [3.05, 3.63) is 24.3 Å². The number of nitrogens with zero attached hydrogens (tertiary/aromatic N) is 2. The van der Waals surface area contributed by atoms with E-state index in [4.69, 9.17) is 0 Å². The van der Waals surface area contributed by atoms with Crippen LogP contribution in [0, 0.1) is 0 Å². The summed E-state index contributed by atoms with van der Waals surface area (Å²) in [5, 5.41) is 13.0. The average Bonchev–Trinajstić information content (AvgIpc) is 2.19. The third-order valence-corrected chi connectivity index (χ3v) is 2.82. The summed E-state index contributed by atoms with van der Waals surface area (Å²) >= 11 is 1.64. The van der Waals surface area contributed by atoms with Crippen LogP contribution in [0.25, 0.3) is 0 Å². The Kier molecular flexibility index (Phi) is 5.01. The average molecular weight is 227 g/mol. The first-order chi connectivity index (χ1) is 7.14. The van der Waals surface area contributed by atoms with E-state index in [1.54, 1.807) is 18.0 Å². The summed E-state index contributed by atoms with van der Waals surface area (Å²) in [6.45, 7) is 3.06. The van der Waals surface area contributed by atoms with Gasteiger partial charge < -0.3 is 10.4 Å². The van der Waals surface area contributed by atoms with Crippen LogP contribution in [-0.2, 0) is 6.54 Å². The zero-order valence-corrected chi connectivity index (χ0v) is 9.92. The largest absolute Gasteiger partial charge is 0.388 e. The maximum Gasteiger partial charge on any atom is 0.115 e. The SMILES string of the molecule is CSCC(C)(O)CNCc1ccncn1. The Morgan fingerprint density at radius 1 is 1.60 bits per heavy atom. The number of rotatable bonds is 6. The fourth-order valence-corrected chi connectivity index (χ4v) is 1.97. The van der Waals surface area contributed by atoms with E-state index >= 15 is 0 Å². The van der Waals surface area contributed by atoms with Gasteiger partial charge >= 0.3 is 0 Å². The Bertz CT molecular complexity index is 279. The van der Waals surface area contributed by atoms with Gasteiger partial charge in [-0.15, -0.1) is 0 Å². The zero-order valence-electron chi connectivity index (χ0n) is 9.10. The molecule has 0 radical (unpaired) electrons. The van der Waals surface area contributed by atoms with E-state index in [0.29, 0.717) is 13.1 Å². The normalized spacial score (nSPS) is 14.9. The molecular formula is C10H17N3OS. The summed E-state index contributed by atoms with van der Waals surface area (Å²) in [5.41, 5.74) is 0.275. The summed E-state index contributed by atoms with van der Waals surface area (Å²) < 4.78 is 0. The summed E-state index contributed by atoms with van der Waals surface area (Å²) in [4.78, 5) is 7.92. The monoisotopic (exact) mass is 227 g/mol. The Hall–Kier alpha value is -0.650. The van der Waals surface area contributed by atoms with Gasteiger partial charge in [-0.3, -0.25) is 0 Å². The molecule has 0 aliphatic heterocycles. The molecule has 0 saturated heterocycles. The molecule has 0 amide bonds. The van der Waals surface area contributed by atoms with E-state index in [1.165, 1.54) is 6.33 Å². The predicted octanol–water partition coefficient (Wildman–Crippen LogP) is 0.680. The molecule has 5 heteroatoms. The highest BCUT2D eigenvalue weighted by Gasteiger charge is 2.18. The Labute approximate surface area is 94.5 Å². The van der Waals surface area contributed by atoms with Gasteiger partial charge in [-0.05, 0) is 19.2 Å². The van der Waals surface area contributed by atoms with Gasteiger partial charge in [0.05, 0.1) is 11.3 Å². The van der Waals surface area contributed by atoms with Crippen molar-refractivity contribution in [3.8, 4) is 0 Å². The molecule has 1 aromatic rings. The predicted molar refractivity (Wildman–Crippen MR) is 62.7 cm³/mol. The molecule has 84 valence electrons. The van der Waals surface area contributed by atoms with E-state index in [9.17, 15) is 5.11 Å². The number of aromatic nitrogens is 2. The van der Waals surface area contributed by atoms with Crippen LogP contribution in [0.2, 0.25) is 0 Å². The van der Waals surface area contributed by atoms with Crippen molar-refractivity contribution in [1.82, 2.24) is 15.3 Å². The van der Waals surface area contributed by atoms with Crippen LogP contribution < -0.4 is 5.32 Å². The molecule has 4 nitrogen and oxygen atoms in total. The molecular weight excluding hydrogens is 210 g/mol. The third-order valence-electron chi connectivity index (χ3n) is 1.91. The second-order valence-corrected chi connectivity index (χ2v) is 4.60. The Morgan fingerprint density at radius 3 is 3.00 bits per heavy atom. The lowest BCUT2D eigenvalue weighted by atomic mass is 10.1. The molecule has 0 aliphatic rings. The third kappa shape index (κ3) is 5.11. The maximum atomic E-state index is 9.88. The lowest BCUT2D eigenvalue weighted by molar-refractivity contribution is 0.0845. The highest BCUT2D eigenvalue weighted by Crippen LogP contribution is 2.09. The minimum atomic E-state index is -0.660. The molecule has 1 heterocycles. The minimum absolute atomic E-state index is 0.567. The summed E-state index contributed by atoms with van der Waals surface area (Å²) in [5.74, 6) is 0.726. The smallest absolute Gasteiger partial charge is 0.115 e. The molecule has 1 atom stereocenters. The van der Waals surface area contributed by atoms with Crippen molar-refractivity contribution in [2.75, 3.05) is 18.6 Å². The number of thioether (sulfide) groups is 1. The summed E-state index contributed by atoms with van der Waals surface area (Å²) in [6, 6.07) is 1.86. The van der Waals surface area contributed by atoms with Gasteiger partial charge in [0.2, 0.25) is 0 Å². The highest BCUT2D eigenvalue weighted by atomic mass is 32.2. The van der Waals surface area contributed by atoms with Crippen molar-refractivity contribution in [3.63, 3.8) is 0 Å². The van der Waals surface area contributed by atoms with Gasteiger partial charge in [-0.1, -0.05) is 0 Å². The molecule has 0 fully saturated rings. The first kappa shape index (κ1) is 12.4. The molecule has 1 unspecified atom stereocenters. The topological polar surface area (TPSA) is 58.0 Å². The Morgan fingerprint density at radius 2 is 2.40 bits per heavy atom. The van der Waals surface area contributed by atoms with Crippen molar-refractivity contribution in [2.45, 2.75) is 19.1 Å². The Balaban J connectivity index is 2.27. The van der Waals surface area contributed by atoms with Gasteiger partial charge in [-0.2, -0.15) is 11.8 Å². The standard InChI is InChI=1S/C10H17N3OS/c1-10(14,7-15-2)6-12-5-9-3-4-11-8-13-9/h3-4,8,12,14H,5-7H2,1-2H3. The number of aliphatic hydroxyl groups is 1. The van der Waals surface area contributed by atoms with Crippen LogP contribution >= 0.6 is 11.8 Å². The molecule has 0 bridgehead atoms. The highest BCUT2D eigenvalue weighted by molar-refractivity contribution is 7.98. The van der Waals surface area contributed by atoms with Gasteiger partial charge in [0.15, 0.2) is 0 Å². The van der Waals surface area contributed by atoms with Gasteiger partial charge in [0.25, 0.3) is 0 Å². The van der Waals surface area contributed by atoms with Crippen molar-refractivity contribution in [2.24, 2.45) is 0 Å². The van der Waals surface area contributed by atoms with Crippen LogP contribution in [-0.4, -0.2) is 39.2 Å². The number of nitrogens with one attached hydrogen (secondary N) is 1. The molecule has 0 aromatic carbocycles. The molecule has 1 aromatic heterocycles. The fraction of sp³-hybridized carbons (Fsp3) is 0.600. The van der Waals surface area contributed by atoms with Gasteiger partial charge in [0, 0.05) is 25.0 Å². The zero-order chi connectivity index (χ0) is 11.1. The van der Waals surface area contributed by atoms with Crippen LogP contribution in [0.1, 0.15) is 12.6 Å². The van der Waals surface area contributed by atoms with Crippen molar-refractivity contribution >= 4 is 11.8 Å². The minimum Gasteiger partial charge on any atom is -0.388 e. The maximum absolute atomic E-state index is 9.88. The van der Waals surface area contributed by atoms with E-state index < -0.39 is 5.60 Å². The van der Waals surface area contributed by atoms with Gasteiger partial charge in [0.1, 0.15) is 6.33 Å². The van der Waals surface area contributed by atoms with Crippen molar-refractivity contribution in [1.29, 1.82) is 0 Å². The second-order valence-electron chi connectivity index (χ2n) is 3.73. The quantitative estimate of drug-likeness (QED) is 0.748. The first-order valence-corrected chi connectivity index (χ1v) is 6.20. The molecule has 0 aliphatic carbocycles. The molecule has 2 N–H and O–H groups in total. The molecule has 0 saturated carbocycles. The summed E-state index contributed by atoms with van der Waals surface area (Å²) in [7, 11) is 0. The van der Waals surface area contributed by atoms with Crippen LogP contribution in [0.4, 0.5) is 0 Å². The second kappa shape index (κ2) is 6.05.